The van der Waals surface area contributed by atoms with Gasteiger partial charge in [0.2, 0.25) is 0 Å². The molecule has 4 N–H and O–H groups in total. The molecule has 5 rings (SSSR count). The SMILES string of the molecule is C=C/C(=C\C(=C/C)c1cnc(N)c(Cc2cc3c(N4CCN(C)CC4)nccc3[nH]2)c1)NC(=C)C1CCCC1. The maximum absolute atomic E-state index is 6.37. The number of likely N-dealkylation sites (N-methyl/N-ethyl adjacent to an activating group) is 1. The van der Waals surface area contributed by atoms with E-state index in [0.29, 0.717) is 18.2 Å². The van der Waals surface area contributed by atoms with E-state index >= 15 is 0 Å². The van der Waals surface area contributed by atoms with Crippen LogP contribution in [0.1, 0.15) is 49.4 Å². The van der Waals surface area contributed by atoms with Crippen LogP contribution >= 0.6 is 0 Å². The van der Waals surface area contributed by atoms with Gasteiger partial charge >= 0.3 is 0 Å². The average molecular weight is 524 g/mol. The van der Waals surface area contributed by atoms with Crippen molar-refractivity contribution in [1.82, 2.24) is 25.2 Å². The Kier molecular flexibility index (Phi) is 8.17. The van der Waals surface area contributed by atoms with E-state index in [1.807, 2.05) is 31.5 Å². The Labute approximate surface area is 232 Å². The predicted molar refractivity (Wildman–Crippen MR) is 163 cm³/mol. The fourth-order valence-electron chi connectivity index (χ4n) is 5.70. The van der Waals surface area contributed by atoms with Gasteiger partial charge in [-0.2, -0.15) is 0 Å². The van der Waals surface area contributed by atoms with E-state index < -0.39 is 0 Å². The third-order valence-corrected chi connectivity index (χ3v) is 8.10. The first-order valence-electron chi connectivity index (χ1n) is 14.1. The molecule has 0 bridgehead atoms. The number of hydrogen-bond donors (Lipinski definition) is 3. The number of nitrogen functional groups attached to an aromatic ring is 1. The summed E-state index contributed by atoms with van der Waals surface area (Å²) < 4.78 is 0. The van der Waals surface area contributed by atoms with Crippen molar-refractivity contribution in [2.45, 2.75) is 39.0 Å². The van der Waals surface area contributed by atoms with Crippen molar-refractivity contribution in [1.29, 1.82) is 0 Å². The van der Waals surface area contributed by atoms with E-state index in [1.54, 1.807) is 0 Å². The molecule has 3 aromatic heterocycles. The number of aromatic nitrogens is 3. The topological polar surface area (TPSA) is 86.1 Å². The van der Waals surface area contributed by atoms with Crippen LogP contribution in [-0.4, -0.2) is 53.1 Å². The van der Waals surface area contributed by atoms with Crippen LogP contribution in [0.5, 0.6) is 0 Å². The zero-order valence-electron chi connectivity index (χ0n) is 23.3. The highest BCUT2D eigenvalue weighted by atomic mass is 15.3. The van der Waals surface area contributed by atoms with Gasteiger partial charge in [-0.3, -0.25) is 0 Å². The Balaban J connectivity index is 1.37. The number of nitrogens with one attached hydrogen (secondary N) is 2. The maximum Gasteiger partial charge on any atom is 0.138 e. The molecule has 0 spiro atoms. The van der Waals surface area contributed by atoms with Gasteiger partial charge in [-0.15, -0.1) is 0 Å². The molecule has 2 fully saturated rings. The molecule has 7 heteroatoms. The summed E-state index contributed by atoms with van der Waals surface area (Å²) in [5.41, 5.74) is 13.6. The molecule has 0 radical (unpaired) electrons. The van der Waals surface area contributed by atoms with E-state index in [1.165, 1.54) is 25.7 Å². The summed E-state index contributed by atoms with van der Waals surface area (Å²) in [4.78, 5) is 17.6. The molecule has 1 aliphatic carbocycles. The molecule has 0 atom stereocenters. The lowest BCUT2D eigenvalue weighted by molar-refractivity contribution is 0.312. The third kappa shape index (κ3) is 6.09. The highest BCUT2D eigenvalue weighted by Gasteiger charge is 2.20. The van der Waals surface area contributed by atoms with Crippen molar-refractivity contribution in [3.63, 3.8) is 0 Å². The van der Waals surface area contributed by atoms with Crippen LogP contribution in [-0.2, 0) is 6.42 Å². The highest BCUT2D eigenvalue weighted by molar-refractivity contribution is 5.91. The van der Waals surface area contributed by atoms with E-state index in [0.717, 1.165) is 76.7 Å². The number of pyridine rings is 2. The summed E-state index contributed by atoms with van der Waals surface area (Å²) >= 11 is 0. The molecule has 1 aliphatic heterocycles. The minimum Gasteiger partial charge on any atom is -0.383 e. The number of allylic oxidation sites excluding steroid dienone is 5. The van der Waals surface area contributed by atoms with Gasteiger partial charge in [0.25, 0.3) is 0 Å². The molecule has 0 unspecified atom stereocenters. The van der Waals surface area contributed by atoms with Gasteiger partial charge in [-0.05, 0) is 68.7 Å². The summed E-state index contributed by atoms with van der Waals surface area (Å²) in [5, 5.41) is 4.66. The first kappa shape index (κ1) is 26.8. The Bertz CT molecular complexity index is 1400. The number of rotatable bonds is 9. The summed E-state index contributed by atoms with van der Waals surface area (Å²) in [7, 11) is 2.17. The molecule has 3 aromatic rings. The molecule has 204 valence electrons. The molecule has 1 saturated carbocycles. The number of H-pyrrole nitrogens is 1. The van der Waals surface area contributed by atoms with Crippen molar-refractivity contribution < 1.29 is 0 Å². The number of fused-ring (bicyclic) bond motifs is 1. The molecular weight excluding hydrogens is 482 g/mol. The molecule has 4 heterocycles. The van der Waals surface area contributed by atoms with Crippen molar-refractivity contribution in [2.24, 2.45) is 5.92 Å². The summed E-state index contributed by atoms with van der Waals surface area (Å²) in [6.07, 6.45) is 15.4. The molecular formula is C32H41N7. The third-order valence-electron chi connectivity index (χ3n) is 8.10. The Morgan fingerprint density at radius 1 is 1.18 bits per heavy atom. The highest BCUT2D eigenvalue weighted by Crippen LogP contribution is 2.31. The fourth-order valence-corrected chi connectivity index (χ4v) is 5.70. The van der Waals surface area contributed by atoms with Crippen molar-refractivity contribution in [2.75, 3.05) is 43.9 Å². The predicted octanol–water partition coefficient (Wildman–Crippen LogP) is 5.65. The molecule has 7 nitrogen and oxygen atoms in total. The fraction of sp³-hybridized carbons (Fsp3) is 0.375. The number of nitrogens with two attached hydrogens (primary N) is 1. The zero-order chi connectivity index (χ0) is 27.4. The van der Waals surface area contributed by atoms with Gasteiger partial charge in [-0.1, -0.05) is 32.1 Å². The van der Waals surface area contributed by atoms with Crippen LogP contribution in [0.3, 0.4) is 0 Å². The second-order valence-corrected chi connectivity index (χ2v) is 10.8. The second-order valence-electron chi connectivity index (χ2n) is 10.8. The zero-order valence-corrected chi connectivity index (χ0v) is 23.3. The monoisotopic (exact) mass is 523 g/mol. The van der Waals surface area contributed by atoms with Crippen LogP contribution in [0, 0.1) is 5.92 Å². The van der Waals surface area contributed by atoms with E-state index in [-0.39, 0.29) is 0 Å². The average Bonchev–Trinajstić information content (AvgIpc) is 3.63. The van der Waals surface area contributed by atoms with E-state index in [9.17, 15) is 0 Å². The summed E-state index contributed by atoms with van der Waals surface area (Å²) in [6.45, 7) is 14.4. The normalized spacial score (nSPS) is 17.6. The Morgan fingerprint density at radius 2 is 1.95 bits per heavy atom. The molecule has 2 aliphatic rings. The minimum absolute atomic E-state index is 0.537. The standard InChI is InChI=1S/C32H41N7/c1-5-23(18-27(6-2)36-22(3)24-9-7-8-10-24)26-17-25(31(33)35-21-26)19-28-20-29-30(37-28)11-12-34-32(29)39-15-13-38(4)14-16-39/h5-6,11-12,17-18,20-21,24,36-37H,2-3,7-10,13-16,19H2,1,4H3,(H2,33,35)/b23-5+,27-18+. The van der Waals surface area contributed by atoms with Gasteiger partial charge in [0, 0.05) is 78.6 Å². The van der Waals surface area contributed by atoms with Crippen molar-refractivity contribution in [3.05, 3.63) is 90.2 Å². The maximum atomic E-state index is 6.37. The van der Waals surface area contributed by atoms with Crippen LogP contribution in [0.4, 0.5) is 11.6 Å². The second kappa shape index (κ2) is 11.9. The first-order valence-corrected chi connectivity index (χ1v) is 14.1. The van der Waals surface area contributed by atoms with E-state index in [4.69, 9.17) is 10.7 Å². The largest absolute Gasteiger partial charge is 0.383 e. The van der Waals surface area contributed by atoms with E-state index in [2.05, 4.69) is 69.6 Å². The minimum atomic E-state index is 0.537. The smallest absolute Gasteiger partial charge is 0.138 e. The number of piperazine rings is 1. The Hall–Kier alpha value is -3.84. The number of anilines is 2. The molecule has 0 aromatic carbocycles. The van der Waals surface area contributed by atoms with Crippen molar-refractivity contribution >= 4 is 28.1 Å². The summed E-state index contributed by atoms with van der Waals surface area (Å²) in [5.74, 6) is 2.13. The summed E-state index contributed by atoms with van der Waals surface area (Å²) in [6, 6.07) is 6.40. The molecule has 1 saturated heterocycles. The quantitative estimate of drug-likeness (QED) is 0.314. The van der Waals surface area contributed by atoms with Gasteiger partial charge in [0.05, 0.1) is 5.52 Å². The van der Waals surface area contributed by atoms with Crippen LogP contribution < -0.4 is 16.0 Å². The van der Waals surface area contributed by atoms with Crippen LogP contribution in [0.15, 0.2) is 73.4 Å². The van der Waals surface area contributed by atoms with Gasteiger partial charge in [-0.25, -0.2) is 9.97 Å². The molecule has 39 heavy (non-hydrogen) atoms. The van der Waals surface area contributed by atoms with Crippen molar-refractivity contribution in [3.8, 4) is 0 Å². The number of nitrogens with zero attached hydrogens (tertiary/aromatic N) is 4. The van der Waals surface area contributed by atoms with Gasteiger partial charge in [0.15, 0.2) is 0 Å². The number of aromatic amines is 1. The van der Waals surface area contributed by atoms with Crippen LogP contribution in [0.25, 0.3) is 16.5 Å². The lowest BCUT2D eigenvalue weighted by Crippen LogP contribution is -2.44. The lowest BCUT2D eigenvalue weighted by atomic mass is 10.0. The van der Waals surface area contributed by atoms with Gasteiger partial charge in [0.1, 0.15) is 11.6 Å². The Morgan fingerprint density at radius 3 is 2.67 bits per heavy atom. The van der Waals surface area contributed by atoms with Crippen LogP contribution in [0.2, 0.25) is 0 Å². The van der Waals surface area contributed by atoms with Gasteiger partial charge < -0.3 is 25.8 Å². The first-order chi connectivity index (χ1) is 18.9. The lowest BCUT2D eigenvalue weighted by Gasteiger charge is -2.33. The number of hydrogen-bond acceptors (Lipinski definition) is 6. The molecule has 0 amide bonds.